The first kappa shape index (κ1) is 18.5. The molecule has 2 fully saturated rings. The predicted octanol–water partition coefficient (Wildman–Crippen LogP) is -0.0437. The molecule has 3 heterocycles. The number of carbonyl (C=O) groups excluding carboxylic acids is 1. The van der Waals surface area contributed by atoms with Gasteiger partial charge in [-0.2, -0.15) is 5.10 Å². The Hall–Kier alpha value is -1.32. The number of likely N-dealkylation sites (tertiary alicyclic amines) is 1. The molecule has 4 N–H and O–H groups in total. The molecule has 1 unspecified atom stereocenters. The summed E-state index contributed by atoms with van der Waals surface area (Å²) in [4.78, 5) is 24.9. The summed E-state index contributed by atoms with van der Waals surface area (Å²) in [6, 6.07) is 0. The molecular formula is C16H27N5O3S. The number of piperidine rings is 2. The zero-order chi connectivity index (χ0) is 17.8. The van der Waals surface area contributed by atoms with Crippen LogP contribution in [0.2, 0.25) is 0 Å². The highest BCUT2D eigenvalue weighted by atomic mass is 32.2. The number of carboxylic acids is 1. The highest BCUT2D eigenvalue weighted by molar-refractivity contribution is 8.16. The van der Waals surface area contributed by atoms with Gasteiger partial charge in [-0.05, 0) is 57.8 Å². The molecular weight excluding hydrogens is 342 g/mol. The molecule has 140 valence electrons. The molecule has 3 aliphatic rings. The number of rotatable bonds is 6. The van der Waals surface area contributed by atoms with Gasteiger partial charge >= 0.3 is 5.97 Å². The molecule has 0 aromatic carbocycles. The maximum Gasteiger partial charge on any atom is 0.306 e. The zero-order valence-corrected chi connectivity index (χ0v) is 15.2. The van der Waals surface area contributed by atoms with Gasteiger partial charge in [-0.3, -0.25) is 14.6 Å². The smallest absolute Gasteiger partial charge is 0.306 e. The first-order chi connectivity index (χ1) is 12.0. The van der Waals surface area contributed by atoms with Crippen LogP contribution in [0.15, 0.2) is 5.10 Å². The number of hydrogen-bond acceptors (Lipinski definition) is 7. The average molecular weight is 369 g/mol. The maximum atomic E-state index is 11.5. The molecule has 0 radical (unpaired) electrons. The summed E-state index contributed by atoms with van der Waals surface area (Å²) in [7, 11) is 0. The SMILES string of the molecule is NC(=O)C1=NN(CCN2CCC(C(=O)O)CC2)C(C2CCNCC2)S1. The summed E-state index contributed by atoms with van der Waals surface area (Å²) in [5.74, 6) is -0.837. The van der Waals surface area contributed by atoms with E-state index in [1.54, 1.807) is 0 Å². The second-order valence-electron chi connectivity index (χ2n) is 6.98. The normalized spacial score (nSPS) is 26.6. The van der Waals surface area contributed by atoms with Gasteiger partial charge in [-0.15, -0.1) is 0 Å². The number of carboxylic acid groups (broad SMARTS) is 1. The minimum Gasteiger partial charge on any atom is -0.481 e. The van der Waals surface area contributed by atoms with Gasteiger partial charge in [0.15, 0.2) is 5.04 Å². The lowest BCUT2D eigenvalue weighted by Gasteiger charge is -2.35. The Morgan fingerprint density at radius 3 is 2.48 bits per heavy atom. The quantitative estimate of drug-likeness (QED) is 0.602. The van der Waals surface area contributed by atoms with E-state index in [0.29, 0.717) is 23.8 Å². The van der Waals surface area contributed by atoms with Gasteiger partial charge < -0.3 is 21.1 Å². The van der Waals surface area contributed by atoms with Gasteiger partial charge in [-0.25, -0.2) is 0 Å². The van der Waals surface area contributed by atoms with Crippen LogP contribution >= 0.6 is 11.8 Å². The van der Waals surface area contributed by atoms with Crippen LogP contribution in [0, 0.1) is 11.8 Å². The first-order valence-electron chi connectivity index (χ1n) is 9.02. The third-order valence-electron chi connectivity index (χ3n) is 5.33. The monoisotopic (exact) mass is 369 g/mol. The Balaban J connectivity index is 1.54. The number of thioether (sulfide) groups is 1. The fraction of sp³-hybridized carbons (Fsp3) is 0.812. The van der Waals surface area contributed by atoms with Gasteiger partial charge in [0, 0.05) is 6.54 Å². The fourth-order valence-corrected chi connectivity index (χ4v) is 5.01. The van der Waals surface area contributed by atoms with E-state index in [0.717, 1.165) is 52.1 Å². The Morgan fingerprint density at radius 2 is 1.88 bits per heavy atom. The molecule has 3 aliphatic heterocycles. The molecule has 3 rings (SSSR count). The number of primary amides is 1. The molecule has 0 bridgehead atoms. The van der Waals surface area contributed by atoms with E-state index in [4.69, 9.17) is 10.8 Å². The van der Waals surface area contributed by atoms with Crippen molar-refractivity contribution in [2.75, 3.05) is 39.3 Å². The van der Waals surface area contributed by atoms with Crippen LogP contribution in [0.25, 0.3) is 0 Å². The fourth-order valence-electron chi connectivity index (χ4n) is 3.77. The number of nitrogens with one attached hydrogen (secondary N) is 1. The molecule has 0 aromatic heterocycles. The molecule has 1 amide bonds. The molecule has 9 heteroatoms. The van der Waals surface area contributed by atoms with Crippen molar-refractivity contribution < 1.29 is 14.7 Å². The second-order valence-corrected chi connectivity index (χ2v) is 8.09. The van der Waals surface area contributed by atoms with E-state index < -0.39 is 11.9 Å². The molecule has 25 heavy (non-hydrogen) atoms. The van der Waals surface area contributed by atoms with Gasteiger partial charge in [-0.1, -0.05) is 11.8 Å². The highest BCUT2D eigenvalue weighted by Gasteiger charge is 2.36. The van der Waals surface area contributed by atoms with Crippen molar-refractivity contribution in [3.8, 4) is 0 Å². The van der Waals surface area contributed by atoms with E-state index in [2.05, 4.69) is 15.3 Å². The minimum atomic E-state index is -0.683. The molecule has 8 nitrogen and oxygen atoms in total. The molecule has 0 saturated carbocycles. The van der Waals surface area contributed by atoms with Gasteiger partial charge in [0.25, 0.3) is 5.91 Å². The minimum absolute atomic E-state index is 0.182. The highest BCUT2D eigenvalue weighted by Crippen LogP contribution is 2.35. The molecule has 0 aliphatic carbocycles. The van der Waals surface area contributed by atoms with Crippen molar-refractivity contribution in [2.24, 2.45) is 22.7 Å². The third-order valence-corrected chi connectivity index (χ3v) is 6.70. The topological polar surface area (TPSA) is 111 Å². The van der Waals surface area contributed by atoms with Crippen molar-refractivity contribution in [1.29, 1.82) is 0 Å². The summed E-state index contributed by atoms with van der Waals surface area (Å²) >= 11 is 1.50. The number of aliphatic carboxylic acids is 1. The van der Waals surface area contributed by atoms with Crippen molar-refractivity contribution in [3.05, 3.63) is 0 Å². The van der Waals surface area contributed by atoms with Gasteiger partial charge in [0.1, 0.15) is 5.37 Å². The van der Waals surface area contributed by atoms with Crippen molar-refractivity contribution >= 4 is 28.7 Å². The number of amides is 1. The van der Waals surface area contributed by atoms with Crippen LogP contribution in [0.1, 0.15) is 25.7 Å². The van der Waals surface area contributed by atoms with E-state index in [-0.39, 0.29) is 11.3 Å². The Labute approximate surface area is 152 Å². The van der Waals surface area contributed by atoms with Crippen molar-refractivity contribution in [1.82, 2.24) is 15.2 Å². The molecule has 0 aromatic rings. The summed E-state index contributed by atoms with van der Waals surface area (Å²) in [6.07, 6.45) is 3.58. The number of carbonyl (C=O) groups is 2. The largest absolute Gasteiger partial charge is 0.481 e. The molecule has 0 spiro atoms. The van der Waals surface area contributed by atoms with E-state index in [1.807, 2.05) is 5.01 Å². The number of hydrazone groups is 1. The van der Waals surface area contributed by atoms with Crippen molar-refractivity contribution in [3.63, 3.8) is 0 Å². The summed E-state index contributed by atoms with van der Waals surface area (Å²) < 4.78 is 0. The number of hydrogen-bond donors (Lipinski definition) is 3. The van der Waals surface area contributed by atoms with Crippen molar-refractivity contribution in [2.45, 2.75) is 31.1 Å². The van der Waals surface area contributed by atoms with E-state index in [1.165, 1.54) is 11.8 Å². The predicted molar refractivity (Wildman–Crippen MR) is 97.1 cm³/mol. The van der Waals surface area contributed by atoms with Gasteiger partial charge in [0.05, 0.1) is 12.5 Å². The Morgan fingerprint density at radius 1 is 1.20 bits per heavy atom. The van der Waals surface area contributed by atoms with E-state index in [9.17, 15) is 9.59 Å². The Bertz CT molecular complexity index is 530. The number of nitrogens with zero attached hydrogens (tertiary/aromatic N) is 3. The lowest BCUT2D eigenvalue weighted by molar-refractivity contribution is -0.143. The summed E-state index contributed by atoms with van der Waals surface area (Å²) in [5, 5.41) is 19.6. The van der Waals surface area contributed by atoms with Crippen LogP contribution in [0.4, 0.5) is 0 Å². The summed E-state index contributed by atoms with van der Waals surface area (Å²) in [6.45, 7) is 5.21. The lowest BCUT2D eigenvalue weighted by Crippen LogP contribution is -2.43. The Kier molecular flexibility index (Phi) is 6.19. The van der Waals surface area contributed by atoms with Crippen LogP contribution in [0.3, 0.4) is 0 Å². The lowest BCUT2D eigenvalue weighted by atomic mass is 9.97. The maximum absolute atomic E-state index is 11.5. The van der Waals surface area contributed by atoms with E-state index >= 15 is 0 Å². The van der Waals surface area contributed by atoms with Gasteiger partial charge in [0.2, 0.25) is 0 Å². The average Bonchev–Trinajstić information content (AvgIpc) is 3.05. The molecule has 2 saturated heterocycles. The van der Waals surface area contributed by atoms with Crippen LogP contribution < -0.4 is 11.1 Å². The first-order valence-corrected chi connectivity index (χ1v) is 9.90. The van der Waals surface area contributed by atoms with Crippen LogP contribution in [-0.2, 0) is 9.59 Å². The third kappa shape index (κ3) is 4.65. The number of nitrogens with two attached hydrogens (primary N) is 1. The summed E-state index contributed by atoms with van der Waals surface area (Å²) in [5.41, 5.74) is 5.44. The molecule has 1 atom stereocenters. The second kappa shape index (κ2) is 8.37. The van der Waals surface area contributed by atoms with Crippen LogP contribution in [0.5, 0.6) is 0 Å². The van der Waals surface area contributed by atoms with Crippen LogP contribution in [-0.4, -0.2) is 76.6 Å². The standard InChI is InChI=1S/C16H27N5O3S/c17-13(22)14-19-21(15(25-14)11-1-5-18-6-2-11)10-9-20-7-3-12(4-8-20)16(23)24/h11-12,15,18H,1-10H2,(H2,17,22)(H,23,24). The zero-order valence-electron chi connectivity index (χ0n) is 14.4.